The molecule has 1 aromatic heterocycles. The Balaban J connectivity index is 1.21. The lowest BCUT2D eigenvalue weighted by molar-refractivity contribution is 0.195. The molecule has 0 N–H and O–H groups in total. The Labute approximate surface area is 153 Å². The van der Waals surface area contributed by atoms with Gasteiger partial charge in [0.15, 0.2) is 5.58 Å². The molecule has 0 bridgehead atoms. The summed E-state index contributed by atoms with van der Waals surface area (Å²) >= 11 is 0. The van der Waals surface area contributed by atoms with Gasteiger partial charge in [-0.1, -0.05) is 30.3 Å². The fourth-order valence-corrected chi connectivity index (χ4v) is 4.19. The summed E-state index contributed by atoms with van der Waals surface area (Å²) in [6.45, 7) is 6.40. The van der Waals surface area contributed by atoms with E-state index >= 15 is 0 Å². The van der Waals surface area contributed by atoms with Gasteiger partial charge in [-0.05, 0) is 30.7 Å². The van der Waals surface area contributed by atoms with Crippen LogP contribution in [0.5, 0.6) is 0 Å². The van der Waals surface area contributed by atoms with Crippen molar-refractivity contribution < 1.29 is 4.42 Å². The molecule has 0 amide bonds. The summed E-state index contributed by atoms with van der Waals surface area (Å²) in [6.07, 6.45) is 1.25. The van der Waals surface area contributed by atoms with Crippen LogP contribution in [0, 0.1) is 0 Å². The van der Waals surface area contributed by atoms with Crippen LogP contribution < -0.4 is 9.80 Å². The van der Waals surface area contributed by atoms with Gasteiger partial charge in [0.05, 0.1) is 0 Å². The molecule has 2 aromatic carbocycles. The molecular weight excluding hydrogens is 324 g/mol. The van der Waals surface area contributed by atoms with E-state index in [-0.39, 0.29) is 0 Å². The molecule has 3 heterocycles. The van der Waals surface area contributed by atoms with E-state index in [9.17, 15) is 0 Å². The van der Waals surface area contributed by atoms with Gasteiger partial charge in [-0.25, -0.2) is 0 Å². The smallest absolute Gasteiger partial charge is 0.298 e. The highest BCUT2D eigenvalue weighted by Gasteiger charge is 2.31. The Bertz CT molecular complexity index is 837. The highest BCUT2D eigenvalue weighted by molar-refractivity contribution is 5.74. The zero-order valence-electron chi connectivity index (χ0n) is 14.9. The van der Waals surface area contributed by atoms with E-state index in [0.29, 0.717) is 6.04 Å². The van der Waals surface area contributed by atoms with Gasteiger partial charge in [0.25, 0.3) is 6.01 Å². The Morgan fingerprint density at radius 1 is 0.808 bits per heavy atom. The van der Waals surface area contributed by atoms with E-state index in [0.717, 1.165) is 56.4 Å². The second-order valence-electron chi connectivity index (χ2n) is 7.21. The molecule has 0 radical (unpaired) electrons. The van der Waals surface area contributed by atoms with Crippen LogP contribution in [0.15, 0.2) is 59.0 Å². The molecule has 2 aliphatic heterocycles. The third-order valence-electron chi connectivity index (χ3n) is 5.67. The second kappa shape index (κ2) is 6.65. The number of fused-ring (bicyclic) bond motifs is 1. The highest BCUT2D eigenvalue weighted by atomic mass is 16.4. The molecular formula is C21H24N4O. The van der Waals surface area contributed by atoms with Crippen LogP contribution in [0.2, 0.25) is 0 Å². The lowest BCUT2D eigenvalue weighted by Crippen LogP contribution is -2.51. The van der Waals surface area contributed by atoms with Crippen molar-refractivity contribution in [3.05, 3.63) is 54.6 Å². The van der Waals surface area contributed by atoms with Crippen LogP contribution in [0.1, 0.15) is 6.42 Å². The topological polar surface area (TPSA) is 35.8 Å². The van der Waals surface area contributed by atoms with Gasteiger partial charge in [-0.3, -0.25) is 4.90 Å². The minimum absolute atomic E-state index is 0.654. The number of piperazine rings is 1. The van der Waals surface area contributed by atoms with Crippen LogP contribution >= 0.6 is 0 Å². The predicted octanol–water partition coefficient (Wildman–Crippen LogP) is 3.23. The van der Waals surface area contributed by atoms with E-state index in [2.05, 4.69) is 50.0 Å². The number of rotatable bonds is 3. The molecule has 2 saturated heterocycles. The summed E-state index contributed by atoms with van der Waals surface area (Å²) < 4.78 is 5.93. The van der Waals surface area contributed by atoms with Crippen molar-refractivity contribution in [1.29, 1.82) is 0 Å². The maximum atomic E-state index is 5.93. The summed E-state index contributed by atoms with van der Waals surface area (Å²) in [5, 5.41) is 0. The van der Waals surface area contributed by atoms with Gasteiger partial charge in [-0.15, -0.1) is 0 Å². The maximum Gasteiger partial charge on any atom is 0.298 e. The number of aromatic nitrogens is 1. The standard InChI is InChI=1S/C21H24N4O/c1-2-6-17(7-3-1)25-11-10-18(16-25)23-12-14-24(15-13-23)21-22-19-8-4-5-9-20(19)26-21/h1-9,18H,10-16H2. The van der Waals surface area contributed by atoms with E-state index in [1.165, 1.54) is 12.1 Å². The van der Waals surface area contributed by atoms with E-state index in [4.69, 9.17) is 4.42 Å². The molecule has 0 aliphatic carbocycles. The molecule has 0 saturated carbocycles. The first kappa shape index (κ1) is 15.7. The number of nitrogens with zero attached hydrogens (tertiary/aromatic N) is 4. The summed E-state index contributed by atoms with van der Waals surface area (Å²) in [4.78, 5) is 12.1. The summed E-state index contributed by atoms with van der Waals surface area (Å²) in [5.74, 6) is 0. The van der Waals surface area contributed by atoms with Crippen molar-refractivity contribution in [2.45, 2.75) is 12.5 Å². The Morgan fingerprint density at radius 3 is 2.38 bits per heavy atom. The van der Waals surface area contributed by atoms with Crippen molar-refractivity contribution in [3.8, 4) is 0 Å². The fourth-order valence-electron chi connectivity index (χ4n) is 4.19. The summed E-state index contributed by atoms with van der Waals surface area (Å²) in [7, 11) is 0. The Kier molecular flexibility index (Phi) is 4.02. The van der Waals surface area contributed by atoms with Gasteiger partial charge in [-0.2, -0.15) is 4.98 Å². The van der Waals surface area contributed by atoms with Gasteiger partial charge < -0.3 is 14.2 Å². The van der Waals surface area contributed by atoms with Crippen molar-refractivity contribution in [1.82, 2.24) is 9.88 Å². The molecule has 5 rings (SSSR count). The minimum Gasteiger partial charge on any atom is -0.423 e. The van der Waals surface area contributed by atoms with Gasteiger partial charge in [0, 0.05) is 51.0 Å². The van der Waals surface area contributed by atoms with Crippen LogP contribution in [-0.2, 0) is 0 Å². The molecule has 1 atom stereocenters. The van der Waals surface area contributed by atoms with Gasteiger partial charge >= 0.3 is 0 Å². The van der Waals surface area contributed by atoms with Crippen LogP contribution in [-0.4, -0.2) is 55.2 Å². The number of hydrogen-bond donors (Lipinski definition) is 0. The zero-order valence-corrected chi connectivity index (χ0v) is 14.9. The third-order valence-corrected chi connectivity index (χ3v) is 5.67. The number of hydrogen-bond acceptors (Lipinski definition) is 5. The predicted molar refractivity (Wildman–Crippen MR) is 105 cm³/mol. The molecule has 3 aromatic rings. The molecule has 134 valence electrons. The normalized spacial score (nSPS) is 21.6. The first-order valence-corrected chi connectivity index (χ1v) is 9.51. The van der Waals surface area contributed by atoms with Crippen molar-refractivity contribution in [2.24, 2.45) is 0 Å². The molecule has 2 aliphatic rings. The molecule has 0 spiro atoms. The number of anilines is 2. The lowest BCUT2D eigenvalue weighted by atomic mass is 10.2. The SMILES string of the molecule is c1ccc(N2CCC(N3CCN(c4nc5ccccc5o4)CC3)C2)cc1. The molecule has 5 nitrogen and oxygen atoms in total. The maximum absolute atomic E-state index is 5.93. The second-order valence-corrected chi connectivity index (χ2v) is 7.21. The minimum atomic E-state index is 0.654. The Morgan fingerprint density at radius 2 is 1.58 bits per heavy atom. The van der Waals surface area contributed by atoms with Gasteiger partial charge in [0.2, 0.25) is 0 Å². The number of para-hydroxylation sites is 3. The average Bonchev–Trinajstić information content (AvgIpc) is 3.36. The molecule has 2 fully saturated rings. The quantitative estimate of drug-likeness (QED) is 0.726. The van der Waals surface area contributed by atoms with Crippen LogP contribution in [0.4, 0.5) is 11.7 Å². The molecule has 5 heteroatoms. The number of oxazole rings is 1. The number of benzene rings is 2. The van der Waals surface area contributed by atoms with Crippen molar-refractivity contribution >= 4 is 22.8 Å². The van der Waals surface area contributed by atoms with Crippen molar-refractivity contribution in [3.63, 3.8) is 0 Å². The van der Waals surface area contributed by atoms with E-state index < -0.39 is 0 Å². The first-order chi connectivity index (χ1) is 12.9. The molecule has 26 heavy (non-hydrogen) atoms. The summed E-state index contributed by atoms with van der Waals surface area (Å²) in [6, 6.07) is 20.2. The Hall–Kier alpha value is -2.53. The van der Waals surface area contributed by atoms with Gasteiger partial charge in [0.1, 0.15) is 5.52 Å². The third kappa shape index (κ3) is 2.92. The molecule has 1 unspecified atom stereocenters. The zero-order chi connectivity index (χ0) is 17.3. The largest absolute Gasteiger partial charge is 0.423 e. The average molecular weight is 348 g/mol. The monoisotopic (exact) mass is 348 g/mol. The fraction of sp³-hybridized carbons (Fsp3) is 0.381. The van der Waals surface area contributed by atoms with E-state index in [1.54, 1.807) is 0 Å². The lowest BCUT2D eigenvalue weighted by Gasteiger charge is -2.37. The van der Waals surface area contributed by atoms with E-state index in [1.807, 2.05) is 24.3 Å². The van der Waals surface area contributed by atoms with Crippen LogP contribution in [0.25, 0.3) is 11.1 Å². The van der Waals surface area contributed by atoms with Crippen LogP contribution in [0.3, 0.4) is 0 Å². The summed E-state index contributed by atoms with van der Waals surface area (Å²) in [5.41, 5.74) is 3.17. The highest BCUT2D eigenvalue weighted by Crippen LogP contribution is 2.26. The van der Waals surface area contributed by atoms with Crippen molar-refractivity contribution in [2.75, 3.05) is 49.1 Å². The first-order valence-electron chi connectivity index (χ1n) is 9.51.